The van der Waals surface area contributed by atoms with Crippen molar-refractivity contribution in [1.29, 1.82) is 0 Å². The number of hydrogen-bond acceptors (Lipinski definition) is 4. The molecule has 0 bridgehead atoms. The molecule has 5 heteroatoms. The lowest BCUT2D eigenvalue weighted by atomic mass is 10.2. The molecule has 0 aliphatic carbocycles. The molecule has 0 unspecified atom stereocenters. The van der Waals surface area contributed by atoms with Crippen molar-refractivity contribution in [3.8, 4) is 0 Å². The summed E-state index contributed by atoms with van der Waals surface area (Å²) in [4.78, 5) is 8.05. The summed E-state index contributed by atoms with van der Waals surface area (Å²) in [7, 11) is 0. The highest BCUT2D eigenvalue weighted by atomic mass is 19.1. The SMILES string of the molecule is Cc1nc(NN)c2cccc(F)c2n1. The number of hydrazine groups is 1. The van der Waals surface area contributed by atoms with Gasteiger partial charge in [0.25, 0.3) is 0 Å². The third-order valence-corrected chi connectivity index (χ3v) is 1.93. The van der Waals surface area contributed by atoms with Crippen LogP contribution in [-0.2, 0) is 0 Å². The maximum Gasteiger partial charge on any atom is 0.151 e. The number of nitrogens with zero attached hydrogens (tertiary/aromatic N) is 2. The molecule has 0 atom stereocenters. The van der Waals surface area contributed by atoms with Crippen molar-refractivity contribution in [3.05, 3.63) is 29.8 Å². The second-order valence-electron chi connectivity index (χ2n) is 2.90. The molecule has 0 saturated heterocycles. The summed E-state index contributed by atoms with van der Waals surface area (Å²) in [5, 5.41) is 0.582. The van der Waals surface area contributed by atoms with Gasteiger partial charge in [-0.25, -0.2) is 20.2 Å². The average molecular weight is 192 g/mol. The smallest absolute Gasteiger partial charge is 0.151 e. The summed E-state index contributed by atoms with van der Waals surface area (Å²) in [5.74, 6) is 5.82. The highest BCUT2D eigenvalue weighted by molar-refractivity contribution is 5.89. The van der Waals surface area contributed by atoms with Crippen LogP contribution >= 0.6 is 0 Å². The monoisotopic (exact) mass is 192 g/mol. The predicted octanol–water partition coefficient (Wildman–Crippen LogP) is 1.36. The Bertz CT molecular complexity index is 483. The van der Waals surface area contributed by atoms with Crippen LogP contribution in [0.3, 0.4) is 0 Å². The quantitative estimate of drug-likeness (QED) is 0.529. The number of fused-ring (bicyclic) bond motifs is 1. The summed E-state index contributed by atoms with van der Waals surface area (Å²) in [6.07, 6.45) is 0. The lowest BCUT2D eigenvalue weighted by Gasteiger charge is -2.05. The molecular weight excluding hydrogens is 183 g/mol. The molecule has 0 saturated carbocycles. The van der Waals surface area contributed by atoms with Crippen molar-refractivity contribution >= 4 is 16.7 Å². The Balaban J connectivity index is 2.87. The summed E-state index contributed by atoms with van der Waals surface area (Å²) in [5.41, 5.74) is 2.71. The molecule has 1 heterocycles. The summed E-state index contributed by atoms with van der Waals surface area (Å²) in [6, 6.07) is 4.67. The number of hydrogen-bond donors (Lipinski definition) is 2. The first-order valence-corrected chi connectivity index (χ1v) is 4.12. The fourth-order valence-electron chi connectivity index (χ4n) is 1.34. The molecule has 2 rings (SSSR count). The van der Waals surface area contributed by atoms with Crippen LogP contribution in [0, 0.1) is 12.7 Å². The second kappa shape index (κ2) is 3.19. The lowest BCUT2D eigenvalue weighted by Crippen LogP contribution is -2.10. The Morgan fingerprint density at radius 2 is 2.14 bits per heavy atom. The third-order valence-electron chi connectivity index (χ3n) is 1.93. The van der Waals surface area contributed by atoms with E-state index in [1.807, 2.05) is 0 Å². The van der Waals surface area contributed by atoms with Crippen LogP contribution in [0.25, 0.3) is 10.9 Å². The third kappa shape index (κ3) is 1.27. The first-order valence-electron chi connectivity index (χ1n) is 4.12. The van der Waals surface area contributed by atoms with E-state index in [9.17, 15) is 4.39 Å². The minimum atomic E-state index is -0.371. The van der Waals surface area contributed by atoms with Gasteiger partial charge in [0.1, 0.15) is 17.2 Å². The number of aryl methyl sites for hydroxylation is 1. The molecular formula is C9H9FN4. The number of aromatic nitrogens is 2. The van der Waals surface area contributed by atoms with Gasteiger partial charge in [-0.1, -0.05) is 6.07 Å². The molecule has 72 valence electrons. The van der Waals surface area contributed by atoms with Gasteiger partial charge >= 0.3 is 0 Å². The molecule has 0 spiro atoms. The van der Waals surface area contributed by atoms with Crippen molar-refractivity contribution in [2.75, 3.05) is 5.43 Å². The predicted molar refractivity (Wildman–Crippen MR) is 52.0 cm³/mol. The molecule has 0 fully saturated rings. The standard InChI is InChI=1S/C9H9FN4/c1-5-12-8-6(9(13-5)14-11)3-2-4-7(8)10/h2-4H,11H2,1H3,(H,12,13,14). The van der Waals surface area contributed by atoms with Crippen molar-refractivity contribution in [1.82, 2.24) is 9.97 Å². The Morgan fingerprint density at radius 1 is 1.36 bits per heavy atom. The van der Waals surface area contributed by atoms with Crippen LogP contribution in [-0.4, -0.2) is 9.97 Å². The molecule has 0 aliphatic heterocycles. The van der Waals surface area contributed by atoms with Gasteiger partial charge in [0.05, 0.1) is 0 Å². The van der Waals surface area contributed by atoms with Gasteiger partial charge in [-0.2, -0.15) is 0 Å². The Kier molecular flexibility index (Phi) is 2.01. The Morgan fingerprint density at radius 3 is 2.86 bits per heavy atom. The minimum absolute atomic E-state index is 0.285. The highest BCUT2D eigenvalue weighted by Crippen LogP contribution is 2.21. The summed E-state index contributed by atoms with van der Waals surface area (Å²) < 4.78 is 13.3. The molecule has 0 aliphatic rings. The summed E-state index contributed by atoms with van der Waals surface area (Å²) in [6.45, 7) is 1.69. The largest absolute Gasteiger partial charge is 0.308 e. The van der Waals surface area contributed by atoms with Crippen molar-refractivity contribution in [2.24, 2.45) is 5.84 Å². The molecule has 14 heavy (non-hydrogen) atoms. The molecule has 3 N–H and O–H groups in total. The van der Waals surface area contributed by atoms with Gasteiger partial charge in [-0.3, -0.25) is 0 Å². The van der Waals surface area contributed by atoms with Crippen molar-refractivity contribution < 1.29 is 4.39 Å². The highest BCUT2D eigenvalue weighted by Gasteiger charge is 2.07. The van der Waals surface area contributed by atoms with Crippen LogP contribution in [0.1, 0.15) is 5.82 Å². The van der Waals surface area contributed by atoms with Crippen molar-refractivity contribution in [3.63, 3.8) is 0 Å². The van der Waals surface area contributed by atoms with Crippen LogP contribution in [0.5, 0.6) is 0 Å². The number of benzene rings is 1. The van der Waals surface area contributed by atoms with E-state index < -0.39 is 0 Å². The first-order chi connectivity index (χ1) is 6.72. The average Bonchev–Trinajstić information content (AvgIpc) is 2.18. The zero-order chi connectivity index (χ0) is 10.1. The number of nitrogens with two attached hydrogens (primary N) is 1. The maximum atomic E-state index is 13.3. The van der Waals surface area contributed by atoms with E-state index >= 15 is 0 Å². The van der Waals surface area contributed by atoms with E-state index in [-0.39, 0.29) is 11.3 Å². The van der Waals surface area contributed by atoms with Gasteiger partial charge in [0, 0.05) is 5.39 Å². The first kappa shape index (κ1) is 8.83. The van der Waals surface area contributed by atoms with Crippen LogP contribution < -0.4 is 11.3 Å². The lowest BCUT2D eigenvalue weighted by molar-refractivity contribution is 0.636. The van der Waals surface area contributed by atoms with E-state index in [2.05, 4.69) is 15.4 Å². The number of rotatable bonds is 1. The van der Waals surface area contributed by atoms with E-state index in [1.54, 1.807) is 19.1 Å². The molecule has 4 nitrogen and oxygen atoms in total. The van der Waals surface area contributed by atoms with Gasteiger partial charge in [-0.05, 0) is 19.1 Å². The fourth-order valence-corrected chi connectivity index (χ4v) is 1.34. The molecule has 0 radical (unpaired) electrons. The Labute approximate surface area is 79.9 Å². The Hall–Kier alpha value is -1.75. The van der Waals surface area contributed by atoms with E-state index in [1.165, 1.54) is 6.07 Å². The second-order valence-corrected chi connectivity index (χ2v) is 2.90. The normalized spacial score (nSPS) is 10.5. The van der Waals surface area contributed by atoms with Crippen LogP contribution in [0.15, 0.2) is 18.2 Å². The molecule has 0 amide bonds. The van der Waals surface area contributed by atoms with Crippen LogP contribution in [0.2, 0.25) is 0 Å². The molecule has 1 aromatic carbocycles. The van der Waals surface area contributed by atoms with Crippen LogP contribution in [0.4, 0.5) is 10.2 Å². The van der Waals surface area contributed by atoms with Crippen molar-refractivity contribution in [2.45, 2.75) is 6.92 Å². The van der Waals surface area contributed by atoms with Gasteiger partial charge in [0.2, 0.25) is 0 Å². The zero-order valence-corrected chi connectivity index (χ0v) is 7.58. The zero-order valence-electron chi connectivity index (χ0n) is 7.58. The van der Waals surface area contributed by atoms with Gasteiger partial charge < -0.3 is 5.43 Å². The number of anilines is 1. The topological polar surface area (TPSA) is 63.8 Å². The fraction of sp³-hybridized carbons (Fsp3) is 0.111. The van der Waals surface area contributed by atoms with E-state index in [4.69, 9.17) is 5.84 Å². The molecule has 2 aromatic rings. The molecule has 1 aromatic heterocycles. The summed E-state index contributed by atoms with van der Waals surface area (Å²) >= 11 is 0. The number of nitrogen functional groups attached to an aromatic ring is 1. The van der Waals surface area contributed by atoms with E-state index in [0.29, 0.717) is 17.0 Å². The number of halogens is 1. The van der Waals surface area contributed by atoms with Gasteiger partial charge in [-0.15, -0.1) is 0 Å². The maximum absolute atomic E-state index is 13.3. The number of nitrogens with one attached hydrogen (secondary N) is 1. The van der Waals surface area contributed by atoms with E-state index in [0.717, 1.165) is 0 Å². The van der Waals surface area contributed by atoms with Gasteiger partial charge in [0.15, 0.2) is 5.82 Å². The minimum Gasteiger partial charge on any atom is -0.308 e. The number of para-hydroxylation sites is 1.